The van der Waals surface area contributed by atoms with Crippen molar-refractivity contribution in [2.75, 3.05) is 5.75 Å². The molecule has 1 aliphatic carbocycles. The second-order valence-electron chi connectivity index (χ2n) is 7.13. The third kappa shape index (κ3) is 2.47. The zero-order valence-electron chi connectivity index (χ0n) is 11.0. The molecule has 2 aliphatic rings. The van der Waals surface area contributed by atoms with Gasteiger partial charge in [-0.2, -0.15) is 11.8 Å². The van der Waals surface area contributed by atoms with Gasteiger partial charge in [0.05, 0.1) is 0 Å². The molecule has 0 bridgehead atoms. The highest BCUT2D eigenvalue weighted by molar-refractivity contribution is 8.00. The fraction of sp³-hybridized carbons (Fsp3) is 0.929. The minimum absolute atomic E-state index is 0.338. The zero-order chi connectivity index (χ0) is 12.0. The van der Waals surface area contributed by atoms with Gasteiger partial charge in [0.1, 0.15) is 5.78 Å². The van der Waals surface area contributed by atoms with E-state index in [1.165, 1.54) is 18.6 Å². The van der Waals surface area contributed by atoms with Crippen molar-refractivity contribution in [2.24, 2.45) is 16.7 Å². The highest BCUT2D eigenvalue weighted by Crippen LogP contribution is 2.55. The highest BCUT2D eigenvalue weighted by atomic mass is 32.2. The van der Waals surface area contributed by atoms with Gasteiger partial charge in [-0.25, -0.2) is 0 Å². The van der Waals surface area contributed by atoms with Gasteiger partial charge in [0.25, 0.3) is 0 Å². The maximum absolute atomic E-state index is 11.6. The Bertz CT molecular complexity index is 292. The van der Waals surface area contributed by atoms with Gasteiger partial charge >= 0.3 is 0 Å². The minimum atomic E-state index is 0.338. The minimum Gasteiger partial charge on any atom is -0.300 e. The van der Waals surface area contributed by atoms with Crippen LogP contribution >= 0.6 is 11.8 Å². The molecule has 2 fully saturated rings. The molecule has 1 aliphatic heterocycles. The summed E-state index contributed by atoms with van der Waals surface area (Å²) in [5.74, 6) is 2.39. The first kappa shape index (κ1) is 12.5. The predicted molar refractivity (Wildman–Crippen MR) is 70.8 cm³/mol. The summed E-state index contributed by atoms with van der Waals surface area (Å²) in [6.07, 6.45) is 4.28. The molecule has 1 saturated heterocycles. The molecule has 0 aromatic heterocycles. The summed E-state index contributed by atoms with van der Waals surface area (Å²) in [6, 6.07) is 0. The molecule has 1 heterocycles. The van der Waals surface area contributed by atoms with Crippen LogP contribution in [0.1, 0.15) is 53.4 Å². The van der Waals surface area contributed by atoms with Gasteiger partial charge in [0.2, 0.25) is 0 Å². The first-order chi connectivity index (χ1) is 7.30. The summed E-state index contributed by atoms with van der Waals surface area (Å²) >= 11 is 2.12. The van der Waals surface area contributed by atoms with E-state index < -0.39 is 0 Å². The van der Waals surface area contributed by atoms with Crippen LogP contribution in [-0.4, -0.2) is 16.8 Å². The van der Waals surface area contributed by atoms with Crippen molar-refractivity contribution in [2.45, 2.75) is 58.6 Å². The molecule has 0 N–H and O–H groups in total. The van der Waals surface area contributed by atoms with Crippen molar-refractivity contribution < 1.29 is 4.79 Å². The maximum atomic E-state index is 11.6. The molecule has 1 nitrogen and oxygen atoms in total. The summed E-state index contributed by atoms with van der Waals surface area (Å²) in [4.78, 5) is 11.6. The maximum Gasteiger partial charge on any atom is 0.133 e. The number of carbonyl (C=O) groups excluding carboxylic acids is 1. The molecule has 16 heavy (non-hydrogen) atoms. The van der Waals surface area contributed by atoms with E-state index in [2.05, 4.69) is 39.5 Å². The molecule has 0 spiro atoms. The Labute approximate surface area is 104 Å². The molecule has 0 aromatic carbocycles. The Morgan fingerprint density at radius 1 is 1.44 bits per heavy atom. The lowest BCUT2D eigenvalue weighted by molar-refractivity contribution is -0.118. The molecule has 2 heteroatoms. The molecular weight excluding hydrogens is 216 g/mol. The van der Waals surface area contributed by atoms with Crippen LogP contribution in [0.25, 0.3) is 0 Å². The van der Waals surface area contributed by atoms with Gasteiger partial charge in [0, 0.05) is 18.1 Å². The van der Waals surface area contributed by atoms with Gasteiger partial charge < -0.3 is 0 Å². The van der Waals surface area contributed by atoms with E-state index in [0.29, 0.717) is 22.5 Å². The third-order valence-corrected chi connectivity index (χ3v) is 6.02. The molecule has 0 amide bonds. The van der Waals surface area contributed by atoms with Gasteiger partial charge in [-0.3, -0.25) is 4.79 Å². The number of fused-ring (bicyclic) bond motifs is 1. The number of rotatable bonds is 2. The quantitative estimate of drug-likeness (QED) is 0.728. The number of Topliss-reactive ketones (excluding diaryl/α,β-unsaturated/α-hetero) is 1. The number of ketones is 1. The van der Waals surface area contributed by atoms with E-state index in [1.54, 1.807) is 0 Å². The Morgan fingerprint density at radius 2 is 2.12 bits per heavy atom. The summed E-state index contributed by atoms with van der Waals surface area (Å²) in [7, 11) is 0. The smallest absolute Gasteiger partial charge is 0.133 e. The molecule has 2 rings (SSSR count). The molecule has 0 aromatic rings. The van der Waals surface area contributed by atoms with Crippen molar-refractivity contribution in [3.05, 3.63) is 0 Å². The number of hydrogen-bond donors (Lipinski definition) is 0. The fourth-order valence-electron chi connectivity index (χ4n) is 3.16. The molecule has 1 saturated carbocycles. The largest absolute Gasteiger partial charge is 0.300 e. The second kappa shape index (κ2) is 4.04. The Morgan fingerprint density at radius 3 is 2.75 bits per heavy atom. The van der Waals surface area contributed by atoms with Gasteiger partial charge in [0.15, 0.2) is 0 Å². The Hall–Kier alpha value is 0.0200. The van der Waals surface area contributed by atoms with Crippen LogP contribution in [0.2, 0.25) is 0 Å². The fourth-order valence-corrected chi connectivity index (χ4v) is 5.01. The average molecular weight is 240 g/mol. The average Bonchev–Trinajstić information content (AvgIpc) is 2.53. The van der Waals surface area contributed by atoms with Gasteiger partial charge in [-0.1, -0.05) is 27.7 Å². The van der Waals surface area contributed by atoms with Crippen molar-refractivity contribution in [1.82, 2.24) is 0 Å². The van der Waals surface area contributed by atoms with Crippen LogP contribution in [0.4, 0.5) is 0 Å². The van der Waals surface area contributed by atoms with Gasteiger partial charge in [-0.05, 0) is 35.3 Å². The third-order valence-electron chi connectivity index (χ3n) is 4.20. The predicted octanol–water partition coefficient (Wildman–Crippen LogP) is 3.91. The van der Waals surface area contributed by atoms with E-state index in [0.717, 1.165) is 18.1 Å². The Balaban J connectivity index is 1.96. The van der Waals surface area contributed by atoms with Crippen molar-refractivity contribution in [3.8, 4) is 0 Å². The van der Waals surface area contributed by atoms with Crippen LogP contribution < -0.4 is 0 Å². The lowest BCUT2D eigenvalue weighted by atomic mass is 9.78. The molecule has 0 radical (unpaired) electrons. The van der Waals surface area contributed by atoms with Crippen molar-refractivity contribution in [1.29, 1.82) is 0 Å². The Kier molecular flexibility index (Phi) is 3.15. The lowest BCUT2D eigenvalue weighted by Gasteiger charge is -2.26. The van der Waals surface area contributed by atoms with E-state index in [-0.39, 0.29) is 0 Å². The summed E-state index contributed by atoms with van der Waals surface area (Å²) in [5.41, 5.74) is 0.770. The molecule has 3 atom stereocenters. The van der Waals surface area contributed by atoms with Crippen LogP contribution in [0.15, 0.2) is 0 Å². The first-order valence-electron chi connectivity index (χ1n) is 6.43. The number of hydrogen-bond acceptors (Lipinski definition) is 2. The van der Waals surface area contributed by atoms with Crippen LogP contribution in [0, 0.1) is 16.7 Å². The van der Waals surface area contributed by atoms with Crippen molar-refractivity contribution in [3.63, 3.8) is 0 Å². The monoisotopic (exact) mass is 240 g/mol. The molecular formula is C14H24OS. The highest BCUT2D eigenvalue weighted by Gasteiger charge is 2.51. The molecule has 92 valence electrons. The number of thioether (sulfide) groups is 1. The van der Waals surface area contributed by atoms with Crippen LogP contribution in [0.3, 0.4) is 0 Å². The lowest BCUT2D eigenvalue weighted by Crippen LogP contribution is -2.24. The van der Waals surface area contributed by atoms with E-state index in [9.17, 15) is 4.79 Å². The normalized spacial score (nSPS) is 39.1. The summed E-state index contributed by atoms with van der Waals surface area (Å²) in [5, 5.41) is 0.746. The van der Waals surface area contributed by atoms with E-state index in [4.69, 9.17) is 0 Å². The summed E-state index contributed by atoms with van der Waals surface area (Å²) in [6.45, 7) is 9.26. The second-order valence-corrected chi connectivity index (χ2v) is 8.36. The first-order valence-corrected chi connectivity index (χ1v) is 7.48. The SMILES string of the molecule is CC(C)(C)CCC1SC[C@@]2(C)CC(=O)C[C@@H]12. The standard InChI is InChI=1S/C14H24OS/c1-13(2,3)6-5-12-11-7-10(15)8-14(11,4)9-16-12/h11-12H,5-9H2,1-4H3/t11-,12?,14+/m0/s1. The van der Waals surface area contributed by atoms with Crippen LogP contribution in [0.5, 0.6) is 0 Å². The van der Waals surface area contributed by atoms with E-state index in [1.807, 2.05) is 0 Å². The zero-order valence-corrected chi connectivity index (χ0v) is 11.8. The van der Waals surface area contributed by atoms with Gasteiger partial charge in [-0.15, -0.1) is 0 Å². The van der Waals surface area contributed by atoms with E-state index >= 15 is 0 Å². The summed E-state index contributed by atoms with van der Waals surface area (Å²) < 4.78 is 0. The van der Waals surface area contributed by atoms with Crippen molar-refractivity contribution >= 4 is 17.5 Å². The number of carbonyl (C=O) groups is 1. The topological polar surface area (TPSA) is 17.1 Å². The van der Waals surface area contributed by atoms with Crippen LogP contribution in [-0.2, 0) is 4.79 Å². The molecule has 1 unspecified atom stereocenters.